The van der Waals surface area contributed by atoms with Crippen molar-refractivity contribution >= 4 is 34.4 Å². The number of carbonyl (C=O) groups is 1. The zero-order chi connectivity index (χ0) is 20.4. The maximum atomic E-state index is 13.1. The third-order valence-corrected chi connectivity index (χ3v) is 4.80. The van der Waals surface area contributed by atoms with Gasteiger partial charge in [0, 0.05) is 17.4 Å². The number of carbonyl (C=O) groups excluding carboxylic acids is 1. The minimum absolute atomic E-state index is 0.0405. The zero-order valence-electron chi connectivity index (χ0n) is 14.7. The second-order valence-electron chi connectivity index (χ2n) is 6.01. The largest absolute Gasteiger partial charge is 0.338 e. The van der Waals surface area contributed by atoms with Gasteiger partial charge in [-0.1, -0.05) is 0 Å². The average molecular weight is 414 g/mol. The van der Waals surface area contributed by atoms with Crippen LogP contribution in [0.25, 0.3) is 22.4 Å². The number of aromatic amines is 1. The van der Waals surface area contributed by atoms with Crippen LogP contribution >= 0.6 is 11.8 Å². The summed E-state index contributed by atoms with van der Waals surface area (Å²) < 4.78 is 38.5. The molecule has 4 aromatic rings. The molecule has 146 valence electrons. The number of anilines is 1. The number of halogens is 3. The molecule has 0 saturated heterocycles. The second-order valence-corrected chi connectivity index (χ2v) is 6.99. The van der Waals surface area contributed by atoms with Gasteiger partial charge in [0.05, 0.1) is 16.6 Å². The number of amides is 1. The minimum Gasteiger partial charge on any atom is -0.338 e. The fourth-order valence-corrected chi connectivity index (χ4v) is 3.35. The highest BCUT2D eigenvalue weighted by Crippen LogP contribution is 2.27. The highest BCUT2D eigenvalue weighted by atomic mass is 32.2. The monoisotopic (exact) mass is 414 g/mol. The van der Waals surface area contributed by atoms with Crippen molar-refractivity contribution in [3.63, 3.8) is 0 Å². The Balaban J connectivity index is 1.59. The number of H-pyrrole nitrogens is 1. The van der Waals surface area contributed by atoms with Gasteiger partial charge in [-0.15, -0.1) is 0 Å². The first-order valence-corrected chi connectivity index (χ1v) is 9.34. The molecular weight excluding hydrogens is 401 g/mol. The lowest BCUT2D eigenvalue weighted by Crippen LogP contribution is -2.13. The normalized spacial score (nSPS) is 11.2. The molecule has 0 bridgehead atoms. The van der Waals surface area contributed by atoms with Crippen molar-refractivity contribution in [2.24, 2.45) is 0 Å². The van der Waals surface area contributed by atoms with E-state index in [0.717, 1.165) is 5.56 Å². The Kier molecular flexibility index (Phi) is 5.22. The van der Waals surface area contributed by atoms with Crippen LogP contribution in [0.5, 0.6) is 0 Å². The molecule has 0 fully saturated rings. The van der Waals surface area contributed by atoms with Gasteiger partial charge in [-0.05, 0) is 66.4 Å². The number of nitrogens with one attached hydrogen (secondary N) is 2. The standard InChI is InChI=1S/C20H13F3N4OS/c21-12-5-3-11(4-6-12)17-26-15-8-7-13(10-16(15)27-17)25-18(28)14-2-1-9-24-19(14)29-20(22)23/h1-10,20H,(H,25,28)(H,26,27). The average Bonchev–Trinajstić information content (AvgIpc) is 3.12. The number of hydrogen-bond acceptors (Lipinski definition) is 4. The molecule has 2 N–H and O–H groups in total. The van der Waals surface area contributed by atoms with Gasteiger partial charge in [-0.2, -0.15) is 8.78 Å². The van der Waals surface area contributed by atoms with Crippen molar-refractivity contribution < 1.29 is 18.0 Å². The van der Waals surface area contributed by atoms with E-state index in [1.165, 1.54) is 30.5 Å². The molecule has 0 aliphatic carbocycles. The molecule has 0 saturated carbocycles. The fourth-order valence-electron chi connectivity index (χ4n) is 2.77. The van der Waals surface area contributed by atoms with Crippen LogP contribution in [0.3, 0.4) is 0 Å². The van der Waals surface area contributed by atoms with Gasteiger partial charge in [0.1, 0.15) is 16.7 Å². The Hall–Kier alpha value is -3.33. The van der Waals surface area contributed by atoms with Crippen LogP contribution in [0.15, 0.2) is 65.8 Å². The Morgan fingerprint density at radius 1 is 1.10 bits per heavy atom. The summed E-state index contributed by atoms with van der Waals surface area (Å²) in [5.41, 5.74) is 2.58. The Morgan fingerprint density at radius 3 is 2.66 bits per heavy atom. The second kappa shape index (κ2) is 7.96. The molecule has 2 heterocycles. The van der Waals surface area contributed by atoms with Gasteiger partial charge in [-0.25, -0.2) is 14.4 Å². The predicted molar refractivity (Wildman–Crippen MR) is 106 cm³/mol. The van der Waals surface area contributed by atoms with Gasteiger partial charge in [0.25, 0.3) is 11.7 Å². The molecule has 2 aromatic heterocycles. The highest BCUT2D eigenvalue weighted by Gasteiger charge is 2.17. The van der Waals surface area contributed by atoms with Crippen molar-refractivity contribution in [2.45, 2.75) is 10.8 Å². The number of pyridine rings is 1. The predicted octanol–water partition coefficient (Wildman–Crippen LogP) is 5.33. The molecule has 0 spiro atoms. The maximum Gasteiger partial charge on any atom is 0.290 e. The fraction of sp³-hybridized carbons (Fsp3) is 0.0500. The minimum atomic E-state index is -2.68. The lowest BCUT2D eigenvalue weighted by molar-refractivity contribution is 0.102. The van der Waals surface area contributed by atoms with E-state index in [0.29, 0.717) is 22.5 Å². The van der Waals surface area contributed by atoms with Crippen LogP contribution in [-0.2, 0) is 0 Å². The summed E-state index contributed by atoms with van der Waals surface area (Å²) in [4.78, 5) is 24.0. The molecule has 0 atom stereocenters. The van der Waals surface area contributed by atoms with Crippen molar-refractivity contribution in [1.82, 2.24) is 15.0 Å². The van der Waals surface area contributed by atoms with Gasteiger partial charge in [0.2, 0.25) is 0 Å². The van der Waals surface area contributed by atoms with E-state index < -0.39 is 11.7 Å². The van der Waals surface area contributed by atoms with E-state index >= 15 is 0 Å². The molecule has 0 radical (unpaired) electrons. The Labute approximate surface area is 167 Å². The quantitative estimate of drug-likeness (QED) is 0.433. The number of fused-ring (bicyclic) bond motifs is 1. The van der Waals surface area contributed by atoms with Crippen LogP contribution in [0.1, 0.15) is 10.4 Å². The first-order chi connectivity index (χ1) is 14.0. The SMILES string of the molecule is O=C(Nc1ccc2nc(-c3ccc(F)cc3)[nH]c2c1)c1cccnc1SC(F)F. The molecule has 2 aromatic carbocycles. The van der Waals surface area contributed by atoms with Crippen LogP contribution in [0.2, 0.25) is 0 Å². The summed E-state index contributed by atoms with van der Waals surface area (Å²) in [6.07, 6.45) is 1.36. The summed E-state index contributed by atoms with van der Waals surface area (Å²) in [7, 11) is 0. The molecule has 1 amide bonds. The lowest BCUT2D eigenvalue weighted by atomic mass is 10.2. The van der Waals surface area contributed by atoms with Gasteiger partial charge < -0.3 is 10.3 Å². The number of alkyl halides is 2. The first kappa shape index (κ1) is 19.0. The number of aromatic nitrogens is 3. The van der Waals surface area contributed by atoms with Crippen molar-refractivity contribution in [2.75, 3.05) is 5.32 Å². The van der Waals surface area contributed by atoms with Crippen molar-refractivity contribution in [3.8, 4) is 11.4 Å². The number of nitrogens with zero attached hydrogens (tertiary/aromatic N) is 2. The summed E-state index contributed by atoms with van der Waals surface area (Å²) in [5.74, 6) is -3.00. The number of imidazole rings is 1. The summed E-state index contributed by atoms with van der Waals surface area (Å²) in [5, 5.41) is 2.65. The van der Waals surface area contributed by atoms with Crippen LogP contribution in [-0.4, -0.2) is 26.6 Å². The van der Waals surface area contributed by atoms with Crippen LogP contribution < -0.4 is 5.32 Å². The molecule has 0 aliphatic heterocycles. The van der Waals surface area contributed by atoms with Gasteiger partial charge >= 0.3 is 0 Å². The summed E-state index contributed by atoms with van der Waals surface area (Å²) >= 11 is 0.220. The van der Waals surface area contributed by atoms with Crippen molar-refractivity contribution in [1.29, 1.82) is 0 Å². The van der Waals surface area contributed by atoms with Crippen molar-refractivity contribution in [3.05, 3.63) is 72.2 Å². The van der Waals surface area contributed by atoms with E-state index in [-0.39, 0.29) is 28.2 Å². The lowest BCUT2D eigenvalue weighted by Gasteiger charge is -2.08. The molecule has 0 unspecified atom stereocenters. The van der Waals surface area contributed by atoms with Crippen LogP contribution in [0, 0.1) is 5.82 Å². The Bertz CT molecular complexity index is 1180. The van der Waals surface area contributed by atoms with E-state index in [9.17, 15) is 18.0 Å². The number of hydrogen-bond donors (Lipinski definition) is 2. The summed E-state index contributed by atoms with van der Waals surface area (Å²) in [6.45, 7) is 0. The maximum absolute atomic E-state index is 13.1. The number of thioether (sulfide) groups is 1. The zero-order valence-corrected chi connectivity index (χ0v) is 15.5. The van der Waals surface area contributed by atoms with E-state index in [1.807, 2.05) is 0 Å². The third-order valence-electron chi connectivity index (χ3n) is 4.07. The van der Waals surface area contributed by atoms with Crippen LogP contribution in [0.4, 0.5) is 18.9 Å². The topological polar surface area (TPSA) is 70.7 Å². The van der Waals surface area contributed by atoms with Gasteiger partial charge in [0.15, 0.2) is 0 Å². The summed E-state index contributed by atoms with van der Waals surface area (Å²) in [6, 6.07) is 13.9. The number of benzene rings is 2. The third kappa shape index (κ3) is 4.24. The number of rotatable bonds is 5. The molecule has 0 aliphatic rings. The highest BCUT2D eigenvalue weighted by molar-refractivity contribution is 7.99. The van der Waals surface area contributed by atoms with Gasteiger partial charge in [-0.3, -0.25) is 4.79 Å². The smallest absolute Gasteiger partial charge is 0.290 e. The molecule has 9 heteroatoms. The van der Waals surface area contributed by atoms with E-state index in [4.69, 9.17) is 0 Å². The van der Waals surface area contributed by atoms with E-state index in [2.05, 4.69) is 20.3 Å². The molecular formula is C20H13F3N4OS. The van der Waals surface area contributed by atoms with E-state index in [1.54, 1.807) is 30.3 Å². The first-order valence-electron chi connectivity index (χ1n) is 8.46. The molecule has 5 nitrogen and oxygen atoms in total. The Morgan fingerprint density at radius 2 is 1.90 bits per heavy atom. The molecule has 29 heavy (non-hydrogen) atoms. The molecule has 4 rings (SSSR count).